The molecule has 0 aliphatic heterocycles. The number of ether oxygens (including phenoxy) is 1. The lowest BCUT2D eigenvalue weighted by Gasteiger charge is -2.09. The Hall–Kier alpha value is -2.34. The van der Waals surface area contributed by atoms with E-state index in [2.05, 4.69) is 10.6 Å². The fourth-order valence-electron chi connectivity index (χ4n) is 1.72. The van der Waals surface area contributed by atoms with Gasteiger partial charge in [-0.1, -0.05) is 12.1 Å². The van der Waals surface area contributed by atoms with E-state index in [9.17, 15) is 9.59 Å². The van der Waals surface area contributed by atoms with Gasteiger partial charge in [0, 0.05) is 7.05 Å². The number of amides is 2. The molecule has 1 aromatic heterocycles. The van der Waals surface area contributed by atoms with E-state index in [4.69, 9.17) is 4.74 Å². The van der Waals surface area contributed by atoms with Gasteiger partial charge in [-0.05, 0) is 23.6 Å². The fourth-order valence-corrected chi connectivity index (χ4v) is 2.50. The molecule has 0 saturated carbocycles. The van der Waals surface area contributed by atoms with E-state index in [1.165, 1.54) is 18.4 Å². The van der Waals surface area contributed by atoms with Crippen molar-refractivity contribution in [1.29, 1.82) is 0 Å². The molecule has 2 aromatic rings. The molecule has 0 spiro atoms. The molecule has 0 atom stereocenters. The van der Waals surface area contributed by atoms with Gasteiger partial charge >= 0.3 is 0 Å². The van der Waals surface area contributed by atoms with E-state index in [1.54, 1.807) is 42.8 Å². The van der Waals surface area contributed by atoms with Crippen LogP contribution in [0, 0.1) is 0 Å². The van der Waals surface area contributed by atoms with Crippen molar-refractivity contribution in [3.8, 4) is 5.75 Å². The highest BCUT2D eigenvalue weighted by Gasteiger charge is 2.16. The maximum atomic E-state index is 12.2. The van der Waals surface area contributed by atoms with E-state index < -0.39 is 0 Å². The summed E-state index contributed by atoms with van der Waals surface area (Å²) in [7, 11) is 3.05. The summed E-state index contributed by atoms with van der Waals surface area (Å²) in [5.74, 6) is -0.0559. The van der Waals surface area contributed by atoms with Crippen LogP contribution >= 0.6 is 11.3 Å². The van der Waals surface area contributed by atoms with Crippen molar-refractivity contribution in [3.05, 3.63) is 46.8 Å². The summed E-state index contributed by atoms with van der Waals surface area (Å²) >= 11 is 1.30. The van der Waals surface area contributed by atoms with Gasteiger partial charge in [-0.15, -0.1) is 11.3 Å². The van der Waals surface area contributed by atoms with E-state index in [0.29, 0.717) is 21.9 Å². The average Bonchev–Trinajstić information content (AvgIpc) is 2.94. The molecule has 0 saturated heterocycles. The van der Waals surface area contributed by atoms with Gasteiger partial charge in [0.05, 0.1) is 18.2 Å². The average molecular weight is 290 g/mol. The summed E-state index contributed by atoms with van der Waals surface area (Å²) in [6, 6.07) is 8.59. The second-order valence-corrected chi connectivity index (χ2v) is 4.81. The van der Waals surface area contributed by atoms with Crippen LogP contribution in [0.25, 0.3) is 0 Å². The molecule has 104 valence electrons. The quantitative estimate of drug-likeness (QED) is 0.908. The molecular weight excluding hydrogens is 276 g/mol. The molecular formula is C14H14N2O3S. The monoisotopic (exact) mass is 290 g/mol. The largest absolute Gasteiger partial charge is 0.496 e. The number of rotatable bonds is 4. The van der Waals surface area contributed by atoms with Gasteiger partial charge in [0.15, 0.2) is 0 Å². The third-order valence-corrected chi connectivity index (χ3v) is 3.55. The first-order valence-electron chi connectivity index (χ1n) is 5.91. The van der Waals surface area contributed by atoms with Crippen molar-refractivity contribution >= 4 is 28.2 Å². The Labute approximate surface area is 120 Å². The number of anilines is 1. The van der Waals surface area contributed by atoms with Crippen LogP contribution in [-0.2, 0) is 0 Å². The minimum atomic E-state index is -0.310. The fraction of sp³-hybridized carbons (Fsp3) is 0.143. The predicted octanol–water partition coefficient (Wildman–Crippen LogP) is 2.37. The van der Waals surface area contributed by atoms with Crippen molar-refractivity contribution < 1.29 is 14.3 Å². The molecule has 5 nitrogen and oxygen atoms in total. The highest BCUT2D eigenvalue weighted by atomic mass is 32.1. The zero-order chi connectivity index (χ0) is 14.5. The van der Waals surface area contributed by atoms with Crippen LogP contribution in [0.1, 0.15) is 20.7 Å². The van der Waals surface area contributed by atoms with Crippen LogP contribution in [-0.4, -0.2) is 26.0 Å². The number of hydrogen-bond donors (Lipinski definition) is 2. The highest BCUT2D eigenvalue weighted by Crippen LogP contribution is 2.25. The van der Waals surface area contributed by atoms with Crippen molar-refractivity contribution in [2.75, 3.05) is 19.5 Å². The van der Waals surface area contributed by atoms with Gasteiger partial charge in [-0.2, -0.15) is 0 Å². The smallest absolute Gasteiger partial charge is 0.260 e. The van der Waals surface area contributed by atoms with E-state index in [1.807, 2.05) is 0 Å². The summed E-state index contributed by atoms with van der Waals surface area (Å²) in [4.78, 5) is 23.9. The first-order valence-corrected chi connectivity index (χ1v) is 6.79. The van der Waals surface area contributed by atoms with Crippen LogP contribution in [0.3, 0.4) is 0 Å². The second kappa shape index (κ2) is 6.21. The van der Waals surface area contributed by atoms with E-state index >= 15 is 0 Å². The van der Waals surface area contributed by atoms with Gasteiger partial charge in [0.2, 0.25) is 0 Å². The lowest BCUT2D eigenvalue weighted by molar-refractivity contribution is 0.0964. The molecule has 0 fully saturated rings. The first-order chi connectivity index (χ1) is 9.67. The molecule has 2 N–H and O–H groups in total. The molecule has 2 rings (SSSR count). The first kappa shape index (κ1) is 14.1. The number of methoxy groups -OCH3 is 1. The molecule has 0 unspecified atom stereocenters. The van der Waals surface area contributed by atoms with Crippen LogP contribution < -0.4 is 15.4 Å². The summed E-state index contributed by atoms with van der Waals surface area (Å²) in [5.41, 5.74) is 0.868. The predicted molar refractivity (Wildman–Crippen MR) is 78.7 cm³/mol. The Kier molecular flexibility index (Phi) is 4.37. The minimum absolute atomic E-state index is 0.235. The molecule has 1 heterocycles. The molecule has 0 aliphatic carbocycles. The van der Waals surface area contributed by atoms with Gasteiger partial charge in [-0.25, -0.2) is 0 Å². The van der Waals surface area contributed by atoms with E-state index in [-0.39, 0.29) is 11.8 Å². The van der Waals surface area contributed by atoms with Crippen molar-refractivity contribution in [1.82, 2.24) is 5.32 Å². The lowest BCUT2D eigenvalue weighted by Crippen LogP contribution is -2.20. The number of benzene rings is 1. The number of carbonyl (C=O) groups excluding carboxylic acids is 2. The van der Waals surface area contributed by atoms with Crippen molar-refractivity contribution in [2.45, 2.75) is 0 Å². The number of thiophene rings is 1. The van der Waals surface area contributed by atoms with Crippen LogP contribution in [0.5, 0.6) is 5.75 Å². The Balaban J connectivity index is 2.24. The topological polar surface area (TPSA) is 67.4 Å². The molecule has 0 radical (unpaired) electrons. The van der Waals surface area contributed by atoms with Gasteiger partial charge < -0.3 is 15.4 Å². The lowest BCUT2D eigenvalue weighted by atomic mass is 10.2. The summed E-state index contributed by atoms with van der Waals surface area (Å²) < 4.78 is 5.15. The Bertz CT molecular complexity index is 637. The standard InChI is InChI=1S/C14H14N2O3S/c1-15-12(17)10-7-8-20-14(10)16-13(18)9-5-3-4-6-11(9)19-2/h3-8H,1-2H3,(H,15,17)(H,16,18). The number of carbonyl (C=O) groups is 2. The molecule has 2 amide bonds. The summed E-state index contributed by atoms with van der Waals surface area (Å²) in [5, 5.41) is 7.54. The van der Waals surface area contributed by atoms with Crippen molar-refractivity contribution in [2.24, 2.45) is 0 Å². The Morgan fingerprint density at radius 2 is 1.85 bits per heavy atom. The van der Waals surface area contributed by atoms with Gasteiger partial charge in [0.25, 0.3) is 11.8 Å². The van der Waals surface area contributed by atoms with Gasteiger partial charge in [0.1, 0.15) is 10.8 Å². The maximum absolute atomic E-state index is 12.2. The van der Waals surface area contributed by atoms with Crippen LogP contribution in [0.15, 0.2) is 35.7 Å². The Morgan fingerprint density at radius 3 is 2.55 bits per heavy atom. The number of para-hydroxylation sites is 1. The highest BCUT2D eigenvalue weighted by molar-refractivity contribution is 7.14. The molecule has 1 aromatic carbocycles. The Morgan fingerprint density at radius 1 is 1.10 bits per heavy atom. The SMILES string of the molecule is CNC(=O)c1ccsc1NC(=O)c1ccccc1OC. The van der Waals surface area contributed by atoms with Gasteiger partial charge in [-0.3, -0.25) is 9.59 Å². The summed E-state index contributed by atoms with van der Waals surface area (Å²) in [6.45, 7) is 0. The van der Waals surface area contributed by atoms with Crippen molar-refractivity contribution in [3.63, 3.8) is 0 Å². The molecule has 20 heavy (non-hydrogen) atoms. The molecule has 0 aliphatic rings. The second-order valence-electron chi connectivity index (χ2n) is 3.90. The molecule has 6 heteroatoms. The maximum Gasteiger partial charge on any atom is 0.260 e. The number of hydrogen-bond acceptors (Lipinski definition) is 4. The third-order valence-electron chi connectivity index (χ3n) is 2.72. The molecule has 0 bridgehead atoms. The minimum Gasteiger partial charge on any atom is -0.496 e. The third kappa shape index (κ3) is 2.80. The zero-order valence-corrected chi connectivity index (χ0v) is 11.9. The normalized spacial score (nSPS) is 9.90. The summed E-state index contributed by atoms with van der Waals surface area (Å²) in [6.07, 6.45) is 0. The van der Waals surface area contributed by atoms with Crippen LogP contribution in [0.2, 0.25) is 0 Å². The van der Waals surface area contributed by atoms with Crippen LogP contribution in [0.4, 0.5) is 5.00 Å². The van der Waals surface area contributed by atoms with E-state index in [0.717, 1.165) is 0 Å². The zero-order valence-electron chi connectivity index (χ0n) is 11.1. The number of nitrogens with one attached hydrogen (secondary N) is 2.